The van der Waals surface area contributed by atoms with Gasteiger partial charge in [0.05, 0.1) is 22.6 Å². The number of sulfonamides is 1. The lowest BCUT2D eigenvalue weighted by Crippen LogP contribution is -2.53. The Kier molecular flexibility index (Phi) is 12.9. The van der Waals surface area contributed by atoms with Crippen molar-refractivity contribution in [2.75, 3.05) is 24.5 Å². The highest BCUT2D eigenvalue weighted by Gasteiger charge is 2.35. The van der Waals surface area contributed by atoms with Crippen molar-refractivity contribution in [1.82, 2.24) is 10.2 Å². The molecule has 264 valence electrons. The van der Waals surface area contributed by atoms with Crippen LogP contribution < -0.4 is 14.4 Å². The molecule has 0 aliphatic carbocycles. The van der Waals surface area contributed by atoms with E-state index in [9.17, 15) is 28.1 Å². The van der Waals surface area contributed by atoms with E-state index in [1.807, 2.05) is 44.2 Å². The average Bonchev–Trinajstić information content (AvgIpc) is 3.08. The summed E-state index contributed by atoms with van der Waals surface area (Å²) in [5, 5.41) is 15.3. The van der Waals surface area contributed by atoms with Crippen molar-refractivity contribution in [3.8, 4) is 5.75 Å². The second-order valence-electron chi connectivity index (χ2n) is 12.0. The fraction of sp³-hybridized carbons (Fsp3) is 0.278. The van der Waals surface area contributed by atoms with E-state index >= 15 is 0 Å². The van der Waals surface area contributed by atoms with Crippen LogP contribution >= 0.6 is 23.2 Å². The van der Waals surface area contributed by atoms with Gasteiger partial charge in [-0.15, -0.1) is 0 Å². The molecule has 4 aromatic rings. The molecule has 0 aliphatic heterocycles. The van der Waals surface area contributed by atoms with E-state index in [2.05, 4.69) is 5.32 Å². The summed E-state index contributed by atoms with van der Waals surface area (Å²) in [4.78, 5) is 40.6. The fourth-order valence-electron chi connectivity index (χ4n) is 5.16. The third kappa shape index (κ3) is 9.52. The molecule has 0 fully saturated rings. The van der Waals surface area contributed by atoms with Gasteiger partial charge in [-0.05, 0) is 66.4 Å². The van der Waals surface area contributed by atoms with E-state index < -0.39 is 45.0 Å². The van der Waals surface area contributed by atoms with E-state index in [1.165, 1.54) is 61.4 Å². The van der Waals surface area contributed by atoms with Crippen LogP contribution in [-0.2, 0) is 32.6 Å². The zero-order valence-corrected chi connectivity index (χ0v) is 30.3. The maximum atomic E-state index is 14.7. The first-order chi connectivity index (χ1) is 23.7. The monoisotopic (exact) mass is 740 g/mol. The second-order valence-corrected chi connectivity index (χ2v) is 14.7. The summed E-state index contributed by atoms with van der Waals surface area (Å²) in [7, 11) is -3.14. The van der Waals surface area contributed by atoms with Crippen molar-refractivity contribution in [2.24, 2.45) is 5.92 Å². The summed E-state index contributed by atoms with van der Waals surface area (Å²) >= 11 is 12.7. The highest BCUT2D eigenvalue weighted by Crippen LogP contribution is 2.30. The summed E-state index contributed by atoms with van der Waals surface area (Å²) < 4.78 is 34.8. The molecule has 4 rings (SSSR count). The minimum absolute atomic E-state index is 0.0933. The number of hydrogen-bond donors (Lipinski definition) is 1. The van der Waals surface area contributed by atoms with Gasteiger partial charge in [-0.2, -0.15) is 0 Å². The number of nitrogens with one attached hydrogen (secondary N) is 1. The third-order valence-corrected chi connectivity index (χ3v) is 10.3. The number of hydrogen-bond acceptors (Lipinski definition) is 7. The fourth-order valence-corrected chi connectivity index (χ4v) is 7.06. The molecule has 0 aromatic heterocycles. The zero-order chi connectivity index (χ0) is 36.6. The molecule has 2 amide bonds. The number of carbonyl (C=O) groups excluding carboxylic acids is 2. The van der Waals surface area contributed by atoms with Crippen LogP contribution in [0.15, 0.2) is 95.9 Å². The van der Waals surface area contributed by atoms with E-state index in [0.29, 0.717) is 22.9 Å². The van der Waals surface area contributed by atoms with Crippen LogP contribution in [0.4, 0.5) is 11.4 Å². The van der Waals surface area contributed by atoms with E-state index in [0.717, 1.165) is 15.9 Å². The molecule has 1 atom stereocenters. The minimum Gasteiger partial charge on any atom is -0.497 e. The van der Waals surface area contributed by atoms with E-state index in [1.54, 1.807) is 12.1 Å². The van der Waals surface area contributed by atoms with Gasteiger partial charge in [0.15, 0.2) is 0 Å². The average molecular weight is 742 g/mol. The van der Waals surface area contributed by atoms with Gasteiger partial charge in [0, 0.05) is 41.2 Å². The number of aryl methyl sites for hydroxylation is 1. The summed E-state index contributed by atoms with van der Waals surface area (Å²) in [5.41, 5.74) is 1.21. The summed E-state index contributed by atoms with van der Waals surface area (Å²) in [6, 6.07) is 22.4. The minimum atomic E-state index is -4.59. The molecular formula is C36H38Cl2N4O7S. The first-order valence-corrected chi connectivity index (χ1v) is 17.9. The van der Waals surface area contributed by atoms with Gasteiger partial charge in [0.2, 0.25) is 11.8 Å². The first kappa shape index (κ1) is 38.2. The molecule has 0 saturated carbocycles. The highest BCUT2D eigenvalue weighted by molar-refractivity contribution is 7.92. The lowest BCUT2D eigenvalue weighted by atomic mass is 10.0. The van der Waals surface area contributed by atoms with Crippen molar-refractivity contribution in [2.45, 2.75) is 44.7 Å². The van der Waals surface area contributed by atoms with Gasteiger partial charge in [-0.1, -0.05) is 79.5 Å². The molecule has 0 aliphatic rings. The van der Waals surface area contributed by atoms with E-state index in [4.69, 9.17) is 27.9 Å². The number of amides is 2. The number of nitro groups is 1. The Morgan fingerprint density at radius 1 is 0.960 bits per heavy atom. The molecular weight excluding hydrogens is 703 g/mol. The molecule has 50 heavy (non-hydrogen) atoms. The van der Waals surface area contributed by atoms with Crippen LogP contribution in [0.2, 0.25) is 10.0 Å². The molecule has 14 heteroatoms. The first-order valence-electron chi connectivity index (χ1n) is 15.7. The number of nitro benzene ring substituents is 1. The van der Waals surface area contributed by atoms with Crippen LogP contribution in [0.5, 0.6) is 5.75 Å². The maximum Gasteiger partial charge on any atom is 0.273 e. The number of rotatable bonds is 15. The van der Waals surface area contributed by atoms with Crippen molar-refractivity contribution in [3.63, 3.8) is 0 Å². The topological polar surface area (TPSA) is 139 Å². The number of ether oxygens (including phenoxy) is 1. The number of carbonyl (C=O) groups is 2. The Hall–Kier alpha value is -4.65. The molecule has 0 saturated heterocycles. The van der Waals surface area contributed by atoms with Crippen LogP contribution in [0, 0.1) is 23.0 Å². The van der Waals surface area contributed by atoms with Crippen molar-refractivity contribution < 1.29 is 27.7 Å². The highest BCUT2D eigenvalue weighted by atomic mass is 35.5. The Labute approximate surface area is 302 Å². The van der Waals surface area contributed by atoms with Crippen molar-refractivity contribution in [1.29, 1.82) is 0 Å². The predicted octanol–water partition coefficient (Wildman–Crippen LogP) is 6.83. The summed E-state index contributed by atoms with van der Waals surface area (Å²) in [5.74, 6) is -0.612. The Morgan fingerprint density at radius 2 is 1.64 bits per heavy atom. The van der Waals surface area contributed by atoms with Gasteiger partial charge >= 0.3 is 0 Å². The van der Waals surface area contributed by atoms with Crippen LogP contribution in [0.3, 0.4) is 0 Å². The van der Waals surface area contributed by atoms with Gasteiger partial charge in [-0.25, -0.2) is 8.42 Å². The normalized spacial score (nSPS) is 11.9. The molecule has 1 N–H and O–H groups in total. The van der Waals surface area contributed by atoms with Crippen molar-refractivity contribution >= 4 is 56.4 Å². The van der Waals surface area contributed by atoms with Crippen LogP contribution in [0.1, 0.15) is 30.5 Å². The molecule has 0 radical (unpaired) electrons. The Morgan fingerprint density at radius 3 is 2.24 bits per heavy atom. The second kappa shape index (κ2) is 16.8. The smallest absolute Gasteiger partial charge is 0.273 e. The molecule has 4 aromatic carbocycles. The SMILES string of the molecule is COc1ccc(N(CC(=O)N(Cc2ccc(Cl)cc2Cl)C(Cc2ccccc2)C(=O)NCC(C)C)S(=O)(=O)c2ccc(C)c([N+](=O)[O-])c2)cc1. The zero-order valence-electron chi connectivity index (χ0n) is 28.0. The van der Waals surface area contributed by atoms with E-state index in [-0.39, 0.29) is 40.1 Å². The number of methoxy groups -OCH3 is 1. The number of halogens is 2. The molecule has 11 nitrogen and oxygen atoms in total. The number of anilines is 1. The Balaban J connectivity index is 1.86. The molecule has 0 bridgehead atoms. The molecule has 0 heterocycles. The quantitative estimate of drug-likeness (QED) is 0.104. The van der Waals surface area contributed by atoms with Gasteiger partial charge in [0.25, 0.3) is 15.7 Å². The molecule has 1 unspecified atom stereocenters. The van der Waals surface area contributed by atoms with Gasteiger partial charge < -0.3 is 15.0 Å². The predicted molar refractivity (Wildman–Crippen MR) is 194 cm³/mol. The number of benzene rings is 4. The summed E-state index contributed by atoms with van der Waals surface area (Å²) in [6.07, 6.45) is 0.112. The Bertz CT molecular complexity index is 1940. The van der Waals surface area contributed by atoms with Gasteiger partial charge in [0.1, 0.15) is 18.3 Å². The van der Waals surface area contributed by atoms with Crippen LogP contribution in [-0.4, -0.2) is 56.3 Å². The third-order valence-electron chi connectivity index (χ3n) is 7.92. The number of nitrogens with zero attached hydrogens (tertiary/aromatic N) is 3. The largest absolute Gasteiger partial charge is 0.497 e. The lowest BCUT2D eigenvalue weighted by Gasteiger charge is -2.34. The molecule has 0 spiro atoms. The van der Waals surface area contributed by atoms with Crippen LogP contribution in [0.25, 0.3) is 0 Å². The standard InChI is InChI=1S/C36H38Cl2N4O7S/c1-24(2)21-39-36(44)34(18-26-8-6-5-7-9-26)40(22-27-11-12-28(37)19-32(27)38)35(43)23-41(29-13-15-30(49-4)16-14-29)50(47,48)31-17-10-25(3)33(20-31)42(45)46/h5-17,19-20,24,34H,18,21-23H2,1-4H3,(H,39,44). The summed E-state index contributed by atoms with van der Waals surface area (Å²) in [6.45, 7) is 4.80. The van der Waals surface area contributed by atoms with Gasteiger partial charge in [-0.3, -0.25) is 24.0 Å². The lowest BCUT2D eigenvalue weighted by molar-refractivity contribution is -0.385. The van der Waals surface area contributed by atoms with Crippen molar-refractivity contribution in [3.05, 3.63) is 128 Å². The maximum absolute atomic E-state index is 14.7.